The Morgan fingerprint density at radius 3 is 2.77 bits per heavy atom. The van der Waals surface area contributed by atoms with Crippen LogP contribution in [0.5, 0.6) is 0 Å². The van der Waals surface area contributed by atoms with E-state index in [-0.39, 0.29) is 23.2 Å². The van der Waals surface area contributed by atoms with Crippen LogP contribution in [0.2, 0.25) is 4.34 Å². The minimum Gasteiger partial charge on any atom is -0.282 e. The zero-order chi connectivity index (χ0) is 24.7. The van der Waals surface area contributed by atoms with Crippen molar-refractivity contribution in [2.75, 3.05) is 11.4 Å². The highest BCUT2D eigenvalue weighted by Gasteiger charge is 2.42. The Morgan fingerprint density at radius 1 is 1.23 bits per heavy atom. The number of nitrogens with zero attached hydrogens (tertiary/aromatic N) is 4. The maximum absolute atomic E-state index is 14.0. The molecule has 3 aromatic heterocycles. The van der Waals surface area contributed by atoms with E-state index in [1.807, 2.05) is 26.0 Å². The minimum atomic E-state index is -3.85. The van der Waals surface area contributed by atoms with Crippen molar-refractivity contribution in [2.45, 2.75) is 43.5 Å². The fourth-order valence-electron chi connectivity index (χ4n) is 4.39. The lowest BCUT2D eigenvalue weighted by Crippen LogP contribution is -2.47. The quantitative estimate of drug-likeness (QED) is 0.323. The number of rotatable bonds is 6. The Labute approximate surface area is 217 Å². The Balaban J connectivity index is 1.54. The highest BCUT2D eigenvalue weighted by molar-refractivity contribution is 7.91. The van der Waals surface area contributed by atoms with Gasteiger partial charge in [0, 0.05) is 18.9 Å². The third-order valence-corrected chi connectivity index (χ3v) is 10.6. The van der Waals surface area contributed by atoms with Gasteiger partial charge < -0.3 is 0 Å². The molecule has 0 saturated carbocycles. The van der Waals surface area contributed by atoms with Crippen LogP contribution in [0.3, 0.4) is 0 Å². The first-order chi connectivity index (χ1) is 16.7. The van der Waals surface area contributed by atoms with Crippen molar-refractivity contribution >= 4 is 65.6 Å². The minimum absolute atomic E-state index is 0.145. The van der Waals surface area contributed by atoms with E-state index >= 15 is 0 Å². The molecule has 1 amide bonds. The predicted molar refractivity (Wildman–Crippen MR) is 141 cm³/mol. The van der Waals surface area contributed by atoms with Gasteiger partial charge in [-0.3, -0.25) is 14.7 Å². The molecule has 1 atom stereocenters. The second kappa shape index (κ2) is 9.59. The second-order valence-electron chi connectivity index (χ2n) is 8.54. The number of halogens is 1. The summed E-state index contributed by atoms with van der Waals surface area (Å²) in [6, 6.07) is 10.1. The summed E-state index contributed by atoms with van der Waals surface area (Å²) in [6.07, 6.45) is 4.44. The molecule has 4 aromatic rings. The van der Waals surface area contributed by atoms with Gasteiger partial charge in [-0.2, -0.15) is 4.31 Å². The molecule has 1 aliphatic heterocycles. The van der Waals surface area contributed by atoms with Crippen molar-refractivity contribution < 1.29 is 13.2 Å². The van der Waals surface area contributed by atoms with E-state index < -0.39 is 16.1 Å². The van der Waals surface area contributed by atoms with E-state index in [1.165, 1.54) is 21.7 Å². The van der Waals surface area contributed by atoms with Gasteiger partial charge in [0.2, 0.25) is 5.91 Å². The van der Waals surface area contributed by atoms with Gasteiger partial charge in [-0.1, -0.05) is 35.1 Å². The first-order valence-electron chi connectivity index (χ1n) is 11.1. The highest BCUT2D eigenvalue weighted by atomic mass is 35.5. The normalized spacial score (nSPS) is 16.7. The number of aryl methyl sites for hydroxylation is 2. The Morgan fingerprint density at radius 2 is 2.06 bits per heavy atom. The van der Waals surface area contributed by atoms with E-state index in [0.717, 1.165) is 38.2 Å². The van der Waals surface area contributed by atoms with Crippen molar-refractivity contribution in [3.05, 3.63) is 69.8 Å². The Hall–Kier alpha value is -2.37. The van der Waals surface area contributed by atoms with Crippen LogP contribution in [0.25, 0.3) is 10.2 Å². The van der Waals surface area contributed by atoms with Crippen LogP contribution in [0.4, 0.5) is 5.13 Å². The van der Waals surface area contributed by atoms with Gasteiger partial charge in [0.15, 0.2) is 5.13 Å². The van der Waals surface area contributed by atoms with Crippen molar-refractivity contribution in [2.24, 2.45) is 0 Å². The van der Waals surface area contributed by atoms with Gasteiger partial charge in [-0.05, 0) is 67.6 Å². The summed E-state index contributed by atoms with van der Waals surface area (Å²) in [5.74, 6) is -0.286. The molecule has 0 aliphatic carbocycles. The van der Waals surface area contributed by atoms with Gasteiger partial charge in [0.05, 0.1) is 21.1 Å². The highest BCUT2D eigenvalue weighted by Crippen LogP contribution is 2.36. The largest absolute Gasteiger partial charge is 0.282 e. The van der Waals surface area contributed by atoms with Crippen molar-refractivity contribution in [3.63, 3.8) is 0 Å². The first kappa shape index (κ1) is 24.3. The van der Waals surface area contributed by atoms with Crippen molar-refractivity contribution in [1.29, 1.82) is 0 Å². The van der Waals surface area contributed by atoms with Crippen LogP contribution < -0.4 is 4.90 Å². The zero-order valence-electron chi connectivity index (χ0n) is 19.1. The summed E-state index contributed by atoms with van der Waals surface area (Å²) in [5.41, 5.74) is 3.85. The lowest BCUT2D eigenvalue weighted by atomic mass is 10.1. The molecule has 5 rings (SSSR count). The molecule has 1 unspecified atom stereocenters. The molecule has 4 heterocycles. The smallest absolute Gasteiger partial charge is 0.253 e. The summed E-state index contributed by atoms with van der Waals surface area (Å²) in [6.45, 7) is 4.57. The first-order valence-corrected chi connectivity index (χ1v) is 14.5. The number of carbonyl (C=O) groups excluding carboxylic acids is 1. The average Bonchev–Trinajstić information content (AvgIpc) is 3.57. The van der Waals surface area contributed by atoms with E-state index in [4.69, 9.17) is 16.6 Å². The van der Waals surface area contributed by atoms with Crippen molar-refractivity contribution in [3.8, 4) is 0 Å². The molecular weight excluding hydrogens is 524 g/mol. The van der Waals surface area contributed by atoms with Crippen LogP contribution >= 0.6 is 34.3 Å². The monoisotopic (exact) mass is 546 g/mol. The Kier molecular flexibility index (Phi) is 6.67. The third-order valence-electron chi connectivity index (χ3n) is 5.98. The number of hydrogen-bond donors (Lipinski definition) is 0. The average molecular weight is 547 g/mol. The zero-order valence-corrected chi connectivity index (χ0v) is 22.3. The van der Waals surface area contributed by atoms with Gasteiger partial charge in [-0.25, -0.2) is 13.4 Å². The fraction of sp³-hybridized carbons (Fsp3) is 0.292. The summed E-state index contributed by atoms with van der Waals surface area (Å²) < 4.78 is 29.6. The Bertz CT molecular complexity index is 1500. The maximum atomic E-state index is 14.0. The summed E-state index contributed by atoms with van der Waals surface area (Å²) in [7, 11) is -3.85. The van der Waals surface area contributed by atoms with Crippen LogP contribution in [0, 0.1) is 13.8 Å². The molecule has 35 heavy (non-hydrogen) atoms. The number of carbonyl (C=O) groups is 1. The van der Waals surface area contributed by atoms with E-state index in [2.05, 4.69) is 17.1 Å². The molecule has 0 bridgehead atoms. The number of fused-ring (bicyclic) bond motifs is 1. The lowest BCUT2D eigenvalue weighted by molar-refractivity contribution is -0.121. The van der Waals surface area contributed by atoms with Gasteiger partial charge in [0.25, 0.3) is 10.0 Å². The van der Waals surface area contributed by atoms with Gasteiger partial charge in [0.1, 0.15) is 10.3 Å². The number of thiophene rings is 1. The SMILES string of the molecule is Cc1cc(C)c2nc(N(Cc3cccnc3)C(=O)C3CCCN3S(=O)(=O)c3ccc(Cl)s3)sc2c1. The topological polar surface area (TPSA) is 83.5 Å². The predicted octanol–water partition coefficient (Wildman–Crippen LogP) is 5.41. The number of aromatic nitrogens is 2. The van der Waals surface area contributed by atoms with E-state index in [9.17, 15) is 13.2 Å². The molecule has 0 radical (unpaired) electrons. The number of anilines is 1. The summed E-state index contributed by atoms with van der Waals surface area (Å²) in [5, 5.41) is 0.547. The standard InChI is InChI=1S/C24H23ClN4O3S3/c1-15-11-16(2)22-19(12-15)33-24(27-22)28(14-17-5-3-9-26-13-17)23(30)18-6-4-10-29(18)35(31,32)21-8-7-20(25)34-21/h3,5,7-9,11-13,18H,4,6,10,14H2,1-2H3. The second-order valence-corrected chi connectivity index (χ2v) is 13.4. The third kappa shape index (κ3) is 4.73. The van der Waals surface area contributed by atoms with Crippen LogP contribution in [-0.2, 0) is 21.4 Å². The summed E-state index contributed by atoms with van der Waals surface area (Å²) in [4.78, 5) is 24.6. The number of thiazole rings is 1. The molecule has 1 aromatic carbocycles. The van der Waals surface area contributed by atoms with Crippen LogP contribution in [0.15, 0.2) is 53.0 Å². The van der Waals surface area contributed by atoms with E-state index in [1.54, 1.807) is 23.4 Å². The molecule has 182 valence electrons. The number of sulfonamides is 1. The molecule has 1 saturated heterocycles. The molecule has 1 fully saturated rings. The maximum Gasteiger partial charge on any atom is 0.253 e. The molecule has 1 aliphatic rings. The summed E-state index contributed by atoms with van der Waals surface area (Å²) >= 11 is 8.44. The number of pyridine rings is 1. The molecule has 0 spiro atoms. The molecular formula is C24H23ClN4O3S3. The number of benzene rings is 1. The van der Waals surface area contributed by atoms with Crippen LogP contribution in [0.1, 0.15) is 29.5 Å². The van der Waals surface area contributed by atoms with Crippen LogP contribution in [-0.4, -0.2) is 41.2 Å². The van der Waals surface area contributed by atoms with Crippen molar-refractivity contribution in [1.82, 2.24) is 14.3 Å². The molecule has 7 nitrogen and oxygen atoms in total. The lowest BCUT2D eigenvalue weighted by Gasteiger charge is -2.28. The number of hydrogen-bond acceptors (Lipinski definition) is 7. The van der Waals surface area contributed by atoms with E-state index in [0.29, 0.717) is 22.3 Å². The molecule has 11 heteroatoms. The fourth-order valence-corrected chi connectivity index (χ4v) is 8.80. The van der Waals surface area contributed by atoms with Gasteiger partial charge in [-0.15, -0.1) is 11.3 Å². The number of amides is 1. The van der Waals surface area contributed by atoms with Gasteiger partial charge >= 0.3 is 0 Å². The molecule has 0 N–H and O–H groups in total.